The van der Waals surface area contributed by atoms with Crippen LogP contribution < -0.4 is 9.96 Å². The Hall–Kier alpha value is -2.15. The number of benzene rings is 2. The third-order valence-electron chi connectivity index (χ3n) is 4.43. The maximum absolute atomic E-state index is 12.8. The van der Waals surface area contributed by atoms with Crippen LogP contribution in [0.1, 0.15) is 19.4 Å². The second kappa shape index (κ2) is 5.73. The van der Waals surface area contributed by atoms with E-state index < -0.39 is 10.1 Å². The molecule has 1 aliphatic heterocycles. The molecule has 3 rings (SSSR count). The normalized spacial score (nSPS) is 20.5. The third-order valence-corrected chi connectivity index (χ3v) is 5.77. The molecule has 1 aliphatic rings. The highest BCUT2D eigenvalue weighted by Crippen LogP contribution is 2.41. The summed E-state index contributed by atoms with van der Waals surface area (Å²) in [4.78, 5) is 0.147. The van der Waals surface area contributed by atoms with Gasteiger partial charge in [-0.1, -0.05) is 38.8 Å². The lowest BCUT2D eigenvalue weighted by Gasteiger charge is -2.35. The number of allylic oxidation sites excluding steroid dienone is 2. The smallest absolute Gasteiger partial charge is 0.343 e. The van der Waals surface area contributed by atoms with Gasteiger partial charge in [-0.15, -0.1) is 0 Å². The van der Waals surface area contributed by atoms with Gasteiger partial charge in [0.05, 0.1) is 10.6 Å². The van der Waals surface area contributed by atoms with Gasteiger partial charge in [-0.3, -0.25) is 0 Å². The van der Waals surface area contributed by atoms with E-state index in [9.17, 15) is 8.42 Å². The fourth-order valence-electron chi connectivity index (χ4n) is 2.78. The highest BCUT2D eigenvalue weighted by atomic mass is 32.2. The molecule has 1 heterocycles. The average Bonchev–Trinajstić information content (AvgIpc) is 2.53. The van der Waals surface area contributed by atoms with Crippen molar-refractivity contribution in [2.75, 3.05) is 12.4 Å². The van der Waals surface area contributed by atoms with Crippen LogP contribution in [0.2, 0.25) is 0 Å². The molecule has 0 bridgehead atoms. The maximum Gasteiger partial charge on any atom is 0.343 e. The molecule has 0 saturated heterocycles. The summed E-state index contributed by atoms with van der Waals surface area (Å²) in [7, 11) is -2.18. The number of fused-ring (bicyclic) bond motifs is 1. The van der Waals surface area contributed by atoms with Crippen LogP contribution in [0, 0.1) is 6.92 Å². The lowest BCUT2D eigenvalue weighted by Crippen LogP contribution is -2.48. The second-order valence-electron chi connectivity index (χ2n) is 6.12. The third kappa shape index (κ3) is 2.73. The number of anilines is 1. The Morgan fingerprint density at radius 1 is 0.958 bits per heavy atom. The fraction of sp³-hybridized carbons (Fsp3) is 0.222. The van der Waals surface area contributed by atoms with Crippen LogP contribution in [-0.4, -0.2) is 15.5 Å². The lowest BCUT2D eigenvalue weighted by molar-refractivity contribution is 0.0199. The number of hydrogen-bond donors (Lipinski definition) is 1. The number of aryl methyl sites for hydroxylation is 1. The summed E-state index contributed by atoms with van der Waals surface area (Å²) in [5, 5.41) is 3.29. The van der Waals surface area contributed by atoms with E-state index in [1.807, 2.05) is 45.0 Å². The number of nitrogens with zero attached hydrogens (tertiary/aromatic N) is 1. The van der Waals surface area contributed by atoms with Gasteiger partial charge in [0.2, 0.25) is 0 Å². The van der Waals surface area contributed by atoms with Crippen LogP contribution >= 0.6 is 0 Å². The first-order chi connectivity index (χ1) is 11.2. The first-order valence-electron chi connectivity index (χ1n) is 7.68. The van der Waals surface area contributed by atoms with Crippen molar-refractivity contribution in [1.29, 1.82) is 0 Å². The standard InChI is InChI=1S/C18H21N2O3S/c1-13-9-11-16(12-10-13)24(21,22)23-20(4)15(3)14(2)19-17-7-5-6-8-18(17)20/h5-12,19H,1-4H3/q+1. The summed E-state index contributed by atoms with van der Waals surface area (Å²) in [6.45, 7) is 5.68. The van der Waals surface area contributed by atoms with Crippen LogP contribution in [-0.2, 0) is 14.4 Å². The Morgan fingerprint density at radius 3 is 2.25 bits per heavy atom. The van der Waals surface area contributed by atoms with Gasteiger partial charge >= 0.3 is 10.1 Å². The first-order valence-corrected chi connectivity index (χ1v) is 9.09. The van der Waals surface area contributed by atoms with E-state index in [2.05, 4.69) is 5.32 Å². The van der Waals surface area contributed by atoms with Crippen molar-refractivity contribution in [3.63, 3.8) is 0 Å². The van der Waals surface area contributed by atoms with Gasteiger partial charge in [-0.05, 0) is 32.0 Å². The largest absolute Gasteiger partial charge is 0.350 e. The molecule has 5 nitrogen and oxygen atoms in total. The molecule has 24 heavy (non-hydrogen) atoms. The summed E-state index contributed by atoms with van der Waals surface area (Å²) in [5.41, 5.74) is 4.23. The Labute approximate surface area is 142 Å². The van der Waals surface area contributed by atoms with Gasteiger partial charge in [0.15, 0.2) is 11.4 Å². The first kappa shape index (κ1) is 16.7. The molecule has 1 N–H and O–H groups in total. The minimum Gasteiger partial charge on any atom is -0.350 e. The predicted octanol–water partition coefficient (Wildman–Crippen LogP) is 3.93. The number of hydrogen-bond acceptors (Lipinski definition) is 4. The lowest BCUT2D eigenvalue weighted by atomic mass is 10.1. The van der Waals surface area contributed by atoms with E-state index in [1.165, 1.54) is 0 Å². The Morgan fingerprint density at radius 2 is 1.58 bits per heavy atom. The highest BCUT2D eigenvalue weighted by molar-refractivity contribution is 7.86. The summed E-state index contributed by atoms with van der Waals surface area (Å²) < 4.78 is 31.1. The van der Waals surface area contributed by atoms with E-state index in [1.54, 1.807) is 31.3 Å². The molecule has 0 aliphatic carbocycles. The van der Waals surface area contributed by atoms with E-state index in [0.29, 0.717) is 0 Å². The van der Waals surface area contributed by atoms with Gasteiger partial charge < -0.3 is 5.32 Å². The molecule has 6 heteroatoms. The maximum atomic E-state index is 12.8. The van der Waals surface area contributed by atoms with E-state index in [0.717, 1.165) is 28.3 Å². The summed E-state index contributed by atoms with van der Waals surface area (Å²) in [6, 6.07) is 14.2. The van der Waals surface area contributed by atoms with Crippen molar-refractivity contribution in [2.24, 2.45) is 0 Å². The number of quaternary nitrogens is 1. The number of nitrogens with one attached hydrogen (secondary N) is 1. The fourth-order valence-corrected chi connectivity index (χ4v) is 3.92. The van der Waals surface area contributed by atoms with Crippen molar-refractivity contribution >= 4 is 21.5 Å². The van der Waals surface area contributed by atoms with Crippen molar-refractivity contribution in [2.45, 2.75) is 25.7 Å². The topological polar surface area (TPSA) is 55.4 Å². The molecule has 2 aromatic rings. The molecule has 1 atom stereocenters. The molecular weight excluding hydrogens is 324 g/mol. The van der Waals surface area contributed by atoms with Gasteiger partial charge in [-0.2, -0.15) is 8.42 Å². The van der Waals surface area contributed by atoms with Crippen molar-refractivity contribution in [1.82, 2.24) is 4.65 Å². The molecule has 0 saturated carbocycles. The molecule has 2 aromatic carbocycles. The SMILES string of the molecule is CC1=C(C)[N+](C)(OS(=O)(=O)c2ccc(C)cc2)c2ccccc2N1. The summed E-state index contributed by atoms with van der Waals surface area (Å²) >= 11 is 0. The van der Waals surface area contributed by atoms with Crippen LogP contribution in [0.15, 0.2) is 64.8 Å². The predicted molar refractivity (Wildman–Crippen MR) is 95.6 cm³/mol. The summed E-state index contributed by atoms with van der Waals surface area (Å²) in [6.07, 6.45) is 0. The monoisotopic (exact) mass is 345 g/mol. The van der Waals surface area contributed by atoms with Gasteiger partial charge in [0.25, 0.3) is 0 Å². The Bertz CT molecular complexity index is 918. The summed E-state index contributed by atoms with van der Waals surface area (Å²) in [5.74, 6) is 0. The second-order valence-corrected chi connectivity index (χ2v) is 7.65. The van der Waals surface area contributed by atoms with E-state index >= 15 is 0 Å². The van der Waals surface area contributed by atoms with E-state index in [4.69, 9.17) is 4.28 Å². The molecule has 126 valence electrons. The van der Waals surface area contributed by atoms with Gasteiger partial charge in [-0.25, -0.2) is 0 Å². The zero-order chi connectivity index (χ0) is 17.5. The number of rotatable bonds is 3. The van der Waals surface area contributed by atoms with Gasteiger partial charge in [0.1, 0.15) is 12.7 Å². The quantitative estimate of drug-likeness (QED) is 0.857. The molecular formula is C18H21N2O3S+. The van der Waals surface area contributed by atoms with Crippen LogP contribution in [0.3, 0.4) is 0 Å². The highest BCUT2D eigenvalue weighted by Gasteiger charge is 2.43. The van der Waals surface area contributed by atoms with E-state index in [-0.39, 0.29) is 9.54 Å². The van der Waals surface area contributed by atoms with Crippen molar-refractivity contribution in [3.8, 4) is 0 Å². The zero-order valence-corrected chi connectivity index (χ0v) is 15.0. The molecule has 0 radical (unpaired) electrons. The molecule has 0 fully saturated rings. The van der Waals surface area contributed by atoms with Crippen LogP contribution in [0.4, 0.5) is 11.4 Å². The zero-order valence-electron chi connectivity index (χ0n) is 14.2. The Kier molecular flexibility index (Phi) is 3.99. The average molecular weight is 345 g/mol. The molecule has 0 aromatic heterocycles. The molecule has 1 unspecified atom stereocenters. The van der Waals surface area contributed by atoms with Crippen molar-refractivity contribution < 1.29 is 12.7 Å². The molecule has 0 amide bonds. The van der Waals surface area contributed by atoms with Crippen molar-refractivity contribution in [3.05, 3.63) is 65.5 Å². The van der Waals surface area contributed by atoms with Crippen LogP contribution in [0.5, 0.6) is 0 Å². The molecule has 0 spiro atoms. The minimum atomic E-state index is -3.92. The number of para-hydroxylation sites is 2. The Balaban J connectivity index is 2.09. The van der Waals surface area contributed by atoms with Crippen LogP contribution in [0.25, 0.3) is 0 Å². The minimum absolute atomic E-state index is 0.147. The number of hydroxylamine groups is 2. The van der Waals surface area contributed by atoms with Gasteiger partial charge in [0, 0.05) is 13.0 Å².